The Morgan fingerprint density at radius 2 is 0.679 bits per heavy atom. The van der Waals surface area contributed by atoms with Crippen LogP contribution in [0.15, 0.2) is 12.1 Å². The maximum Gasteiger partial charge on any atom is 0.103 e. The van der Waals surface area contributed by atoms with Gasteiger partial charge in [-0.3, -0.25) is 0 Å². The van der Waals surface area contributed by atoms with Gasteiger partial charge in [0, 0.05) is 21.5 Å². The number of anilines is 2. The number of benzene rings is 3. The Bertz CT molecular complexity index is 1370. The Hall–Kier alpha value is -5.28. The molecule has 3 aromatic rings. The number of nitriles is 6. The van der Waals surface area contributed by atoms with Crippen molar-refractivity contribution in [3.63, 3.8) is 0 Å². The van der Waals surface area contributed by atoms with Crippen molar-refractivity contribution in [2.24, 2.45) is 0 Å². The molecule has 0 amide bonds. The number of nitrogens with zero attached hydrogens (tertiary/aromatic N) is 6. The zero-order valence-electron chi connectivity index (χ0n) is 14.0. The first kappa shape index (κ1) is 17.5. The summed E-state index contributed by atoms with van der Waals surface area (Å²) in [7, 11) is 0. The van der Waals surface area contributed by atoms with Crippen LogP contribution in [-0.2, 0) is 0 Å². The van der Waals surface area contributed by atoms with Crippen molar-refractivity contribution >= 4 is 32.9 Å². The van der Waals surface area contributed by atoms with Crippen LogP contribution in [0.5, 0.6) is 0 Å². The molecule has 0 radical (unpaired) electrons. The van der Waals surface area contributed by atoms with Crippen LogP contribution in [0.4, 0.5) is 11.4 Å². The van der Waals surface area contributed by atoms with Crippen LogP contribution in [-0.4, -0.2) is 0 Å². The van der Waals surface area contributed by atoms with Crippen LogP contribution in [0.2, 0.25) is 0 Å². The molecule has 126 valence electrons. The van der Waals surface area contributed by atoms with Gasteiger partial charge in [0.15, 0.2) is 0 Å². The summed E-state index contributed by atoms with van der Waals surface area (Å²) < 4.78 is 0. The molecule has 0 heterocycles. The monoisotopic (exact) mass is 358 g/mol. The van der Waals surface area contributed by atoms with E-state index in [2.05, 4.69) is 0 Å². The lowest BCUT2D eigenvalue weighted by Gasteiger charge is -2.14. The third-order valence-corrected chi connectivity index (χ3v) is 4.48. The lowest BCUT2D eigenvalue weighted by atomic mass is 9.87. The molecule has 4 N–H and O–H groups in total. The molecule has 8 nitrogen and oxygen atoms in total. The third-order valence-electron chi connectivity index (χ3n) is 4.48. The maximum atomic E-state index is 9.55. The summed E-state index contributed by atoms with van der Waals surface area (Å²) in [6.07, 6.45) is 0. The van der Waals surface area contributed by atoms with E-state index in [0.29, 0.717) is 0 Å². The highest BCUT2D eigenvalue weighted by molar-refractivity contribution is 6.11. The van der Waals surface area contributed by atoms with Crippen molar-refractivity contribution in [1.82, 2.24) is 0 Å². The molecule has 0 fully saturated rings. The minimum atomic E-state index is -0.150. The average Bonchev–Trinajstić information content (AvgIpc) is 2.71. The summed E-state index contributed by atoms with van der Waals surface area (Å²) >= 11 is 0. The molecule has 28 heavy (non-hydrogen) atoms. The number of fused-ring (bicyclic) bond motifs is 2. The zero-order chi connectivity index (χ0) is 20.6. The molecule has 0 aliphatic heterocycles. The smallest absolute Gasteiger partial charge is 0.103 e. The number of hydrogen-bond donors (Lipinski definition) is 2. The van der Waals surface area contributed by atoms with Crippen molar-refractivity contribution in [2.75, 3.05) is 11.5 Å². The van der Waals surface area contributed by atoms with Crippen LogP contribution >= 0.6 is 0 Å². The van der Waals surface area contributed by atoms with Gasteiger partial charge in [-0.05, 0) is 12.1 Å². The Labute approximate surface area is 158 Å². The van der Waals surface area contributed by atoms with Gasteiger partial charge >= 0.3 is 0 Å². The predicted octanol–water partition coefficient (Wildman–Crippen LogP) is 2.39. The molecular formula is C20H6N8. The van der Waals surface area contributed by atoms with Crippen molar-refractivity contribution in [3.05, 3.63) is 45.5 Å². The van der Waals surface area contributed by atoms with Crippen molar-refractivity contribution in [3.8, 4) is 36.4 Å². The molecular weight excluding hydrogens is 352 g/mol. The Morgan fingerprint density at radius 1 is 0.429 bits per heavy atom. The molecule has 3 aromatic carbocycles. The van der Waals surface area contributed by atoms with Crippen LogP contribution in [0.1, 0.15) is 33.4 Å². The van der Waals surface area contributed by atoms with Crippen molar-refractivity contribution in [1.29, 1.82) is 31.6 Å². The summed E-state index contributed by atoms with van der Waals surface area (Å²) in [6, 6.07) is 14.1. The zero-order valence-corrected chi connectivity index (χ0v) is 14.0. The summed E-state index contributed by atoms with van der Waals surface area (Å²) in [5.41, 5.74) is 11.0. The molecule has 0 saturated heterocycles. The fourth-order valence-electron chi connectivity index (χ4n) is 3.21. The van der Waals surface area contributed by atoms with E-state index in [1.807, 2.05) is 36.4 Å². The SMILES string of the molecule is N#Cc1c(N)c(C#N)c2cc3c(C#N)c(C#N)c(N)c(C#N)c3cc2c1C#N. The highest BCUT2D eigenvalue weighted by Gasteiger charge is 2.22. The Morgan fingerprint density at radius 3 is 0.929 bits per heavy atom. The first-order valence-electron chi connectivity index (χ1n) is 7.57. The van der Waals surface area contributed by atoms with Crippen LogP contribution in [0, 0.1) is 68.0 Å². The van der Waals surface area contributed by atoms with Gasteiger partial charge in [-0.1, -0.05) is 0 Å². The van der Waals surface area contributed by atoms with E-state index >= 15 is 0 Å². The molecule has 0 spiro atoms. The molecule has 0 aromatic heterocycles. The molecule has 8 heteroatoms. The highest BCUT2D eigenvalue weighted by atomic mass is 14.6. The third kappa shape index (κ3) is 2.05. The van der Waals surface area contributed by atoms with Gasteiger partial charge in [-0.2, -0.15) is 31.6 Å². The predicted molar refractivity (Wildman–Crippen MR) is 98.6 cm³/mol. The number of nitrogens with two attached hydrogens (primary N) is 2. The molecule has 0 unspecified atom stereocenters. The number of hydrogen-bond acceptors (Lipinski definition) is 8. The van der Waals surface area contributed by atoms with Gasteiger partial charge in [-0.15, -0.1) is 0 Å². The lowest BCUT2D eigenvalue weighted by Crippen LogP contribution is -2.03. The van der Waals surface area contributed by atoms with Crippen LogP contribution in [0.25, 0.3) is 21.5 Å². The molecule has 0 bridgehead atoms. The molecule has 0 aliphatic carbocycles. The van der Waals surface area contributed by atoms with Gasteiger partial charge in [0.05, 0.1) is 44.8 Å². The maximum absolute atomic E-state index is 9.55. The standard InChI is InChI=1S/C20H6N8/c21-3-13-9-1-11-10(2-12(9)16(6-24)20(28)17(13)7-25)14(4-22)18(8-26)19(27)15(11)5-23/h1-2H,27-28H2. The van der Waals surface area contributed by atoms with E-state index < -0.39 is 0 Å². The minimum absolute atomic E-state index is 0.0369. The lowest BCUT2D eigenvalue weighted by molar-refractivity contribution is 1.43. The van der Waals surface area contributed by atoms with Crippen LogP contribution < -0.4 is 11.5 Å². The van der Waals surface area contributed by atoms with E-state index in [1.165, 1.54) is 12.1 Å². The van der Waals surface area contributed by atoms with Crippen molar-refractivity contribution in [2.45, 2.75) is 0 Å². The minimum Gasteiger partial charge on any atom is -0.397 e. The summed E-state index contributed by atoms with van der Waals surface area (Å²) in [5, 5.41) is 57.8. The summed E-state index contributed by atoms with van der Waals surface area (Å²) in [5.74, 6) is 0. The van der Waals surface area contributed by atoms with E-state index in [9.17, 15) is 31.6 Å². The molecule has 0 atom stereocenters. The summed E-state index contributed by atoms with van der Waals surface area (Å²) in [4.78, 5) is 0. The van der Waals surface area contributed by atoms with Crippen LogP contribution in [0.3, 0.4) is 0 Å². The largest absolute Gasteiger partial charge is 0.397 e. The van der Waals surface area contributed by atoms with Gasteiger partial charge < -0.3 is 11.5 Å². The average molecular weight is 358 g/mol. The Kier molecular flexibility index (Phi) is 3.90. The second-order valence-electron chi connectivity index (χ2n) is 5.69. The van der Waals surface area contributed by atoms with Gasteiger partial charge in [0.25, 0.3) is 0 Å². The fourth-order valence-corrected chi connectivity index (χ4v) is 3.21. The second kappa shape index (κ2) is 6.22. The van der Waals surface area contributed by atoms with Gasteiger partial charge in [0.1, 0.15) is 36.4 Å². The fraction of sp³-hybridized carbons (Fsp3) is 0. The Balaban J connectivity index is 2.80. The number of rotatable bonds is 0. The van der Waals surface area contributed by atoms with E-state index in [1.54, 1.807) is 0 Å². The highest BCUT2D eigenvalue weighted by Crippen LogP contribution is 2.38. The topological polar surface area (TPSA) is 195 Å². The van der Waals surface area contributed by atoms with E-state index in [0.717, 1.165) is 0 Å². The van der Waals surface area contributed by atoms with E-state index in [4.69, 9.17) is 11.5 Å². The van der Waals surface area contributed by atoms with Crippen molar-refractivity contribution < 1.29 is 0 Å². The number of nitrogen functional groups attached to an aromatic ring is 2. The normalized spacial score (nSPS) is 9.50. The molecule has 0 saturated carbocycles. The first-order valence-corrected chi connectivity index (χ1v) is 7.57. The van der Waals surface area contributed by atoms with E-state index in [-0.39, 0.29) is 66.3 Å². The molecule has 3 rings (SSSR count). The summed E-state index contributed by atoms with van der Waals surface area (Å²) in [6.45, 7) is 0. The quantitative estimate of drug-likeness (QED) is 0.451. The first-order chi connectivity index (χ1) is 13.5. The van der Waals surface area contributed by atoms with Gasteiger partial charge in [0.2, 0.25) is 0 Å². The van der Waals surface area contributed by atoms with Gasteiger partial charge in [-0.25, -0.2) is 0 Å². The molecule has 0 aliphatic rings. The second-order valence-corrected chi connectivity index (χ2v) is 5.69.